The summed E-state index contributed by atoms with van der Waals surface area (Å²) in [5, 5.41) is 3.38. The lowest BCUT2D eigenvalue weighted by molar-refractivity contribution is -0.125. The molecule has 0 atom stereocenters. The van der Waals surface area contributed by atoms with Crippen molar-refractivity contribution in [3.63, 3.8) is 0 Å². The second-order valence-corrected chi connectivity index (χ2v) is 6.54. The number of hydrogen-bond acceptors (Lipinski definition) is 6. The fourth-order valence-corrected chi connectivity index (χ4v) is 2.43. The summed E-state index contributed by atoms with van der Waals surface area (Å²) in [5.74, 6) is -0.605. The molecule has 1 rings (SSSR count). The van der Waals surface area contributed by atoms with Crippen LogP contribution in [0.5, 0.6) is 0 Å². The Hall–Kier alpha value is -1.83. The third kappa shape index (κ3) is 4.32. The van der Waals surface area contributed by atoms with E-state index in [2.05, 4.69) is 17.2 Å². The standard InChI is InChI=1S/C13H23N5O2S/c1-5-6-18(4)12-17-9(14)8(21-12)10(19)16-7-13(2,3)11(15)20/h5-7,14H2,1-4H3,(H2,15,20)(H,16,19). The first kappa shape index (κ1) is 17.2. The van der Waals surface area contributed by atoms with E-state index in [9.17, 15) is 9.59 Å². The second kappa shape index (κ2) is 6.75. The lowest BCUT2D eigenvalue weighted by atomic mass is 9.93. The van der Waals surface area contributed by atoms with E-state index in [4.69, 9.17) is 11.5 Å². The van der Waals surface area contributed by atoms with E-state index in [1.165, 1.54) is 11.3 Å². The van der Waals surface area contributed by atoms with Gasteiger partial charge in [-0.25, -0.2) is 4.98 Å². The van der Waals surface area contributed by atoms with Gasteiger partial charge in [-0.3, -0.25) is 9.59 Å². The highest BCUT2D eigenvalue weighted by molar-refractivity contribution is 7.18. The molecule has 0 aliphatic carbocycles. The smallest absolute Gasteiger partial charge is 0.265 e. The van der Waals surface area contributed by atoms with Crippen molar-refractivity contribution >= 4 is 34.1 Å². The van der Waals surface area contributed by atoms with E-state index in [0.717, 1.165) is 13.0 Å². The van der Waals surface area contributed by atoms with Crippen LogP contribution < -0.4 is 21.7 Å². The first-order chi connectivity index (χ1) is 9.69. The highest BCUT2D eigenvalue weighted by Gasteiger charge is 2.27. The van der Waals surface area contributed by atoms with Crippen molar-refractivity contribution in [2.45, 2.75) is 27.2 Å². The average molecular weight is 313 g/mol. The highest BCUT2D eigenvalue weighted by Crippen LogP contribution is 2.27. The summed E-state index contributed by atoms with van der Waals surface area (Å²) in [5.41, 5.74) is 10.3. The van der Waals surface area contributed by atoms with Crippen LogP contribution in [-0.4, -0.2) is 36.9 Å². The Bertz CT molecular complexity index is 527. The fourth-order valence-electron chi connectivity index (χ4n) is 1.55. The molecule has 2 amide bonds. The molecule has 0 spiro atoms. The molecule has 0 aromatic carbocycles. The molecule has 0 saturated heterocycles. The molecule has 1 aromatic heterocycles. The van der Waals surface area contributed by atoms with Gasteiger partial charge in [0, 0.05) is 20.1 Å². The molecule has 118 valence electrons. The summed E-state index contributed by atoms with van der Waals surface area (Å²) in [6.45, 7) is 6.40. The molecular formula is C13H23N5O2S. The van der Waals surface area contributed by atoms with E-state index >= 15 is 0 Å². The molecule has 8 heteroatoms. The molecule has 0 radical (unpaired) electrons. The summed E-state index contributed by atoms with van der Waals surface area (Å²) in [6, 6.07) is 0. The van der Waals surface area contributed by atoms with E-state index in [-0.39, 0.29) is 18.3 Å². The van der Waals surface area contributed by atoms with Crippen LogP contribution in [0.1, 0.15) is 36.9 Å². The number of primary amides is 1. The molecule has 0 aliphatic rings. The van der Waals surface area contributed by atoms with E-state index < -0.39 is 11.3 Å². The van der Waals surface area contributed by atoms with Gasteiger partial charge in [0.05, 0.1) is 5.41 Å². The summed E-state index contributed by atoms with van der Waals surface area (Å²) >= 11 is 1.24. The van der Waals surface area contributed by atoms with Gasteiger partial charge in [-0.2, -0.15) is 0 Å². The van der Waals surface area contributed by atoms with Crippen LogP contribution in [-0.2, 0) is 4.79 Å². The summed E-state index contributed by atoms with van der Waals surface area (Å²) in [4.78, 5) is 29.9. The Balaban J connectivity index is 2.77. The molecule has 0 unspecified atom stereocenters. The van der Waals surface area contributed by atoms with Gasteiger partial charge < -0.3 is 21.7 Å². The highest BCUT2D eigenvalue weighted by atomic mass is 32.1. The molecule has 7 nitrogen and oxygen atoms in total. The average Bonchev–Trinajstić information content (AvgIpc) is 2.78. The lowest BCUT2D eigenvalue weighted by Crippen LogP contribution is -2.42. The number of anilines is 2. The Kier molecular flexibility index (Phi) is 5.54. The van der Waals surface area contributed by atoms with E-state index in [0.29, 0.717) is 10.0 Å². The maximum atomic E-state index is 12.1. The Morgan fingerprint density at radius 1 is 1.43 bits per heavy atom. The monoisotopic (exact) mass is 313 g/mol. The number of rotatable bonds is 7. The number of carbonyl (C=O) groups is 2. The zero-order valence-electron chi connectivity index (χ0n) is 12.9. The van der Waals surface area contributed by atoms with Gasteiger partial charge in [-0.15, -0.1) is 0 Å². The van der Waals surface area contributed by atoms with Crippen molar-refractivity contribution in [2.75, 3.05) is 30.8 Å². The topological polar surface area (TPSA) is 114 Å². The molecule has 1 aromatic rings. The molecule has 0 aliphatic heterocycles. The maximum Gasteiger partial charge on any atom is 0.265 e. The molecule has 1 heterocycles. The third-order valence-electron chi connectivity index (χ3n) is 3.09. The predicted molar refractivity (Wildman–Crippen MR) is 85.4 cm³/mol. The molecule has 5 N–H and O–H groups in total. The van der Waals surface area contributed by atoms with Crippen molar-refractivity contribution in [3.05, 3.63) is 4.88 Å². The predicted octanol–water partition coefficient (Wildman–Crippen LogP) is 0.813. The first-order valence-electron chi connectivity index (χ1n) is 6.74. The van der Waals surface area contributed by atoms with Gasteiger partial charge in [0.25, 0.3) is 5.91 Å². The molecule has 0 bridgehead atoms. The first-order valence-corrected chi connectivity index (χ1v) is 7.56. The van der Waals surface area contributed by atoms with Gasteiger partial charge in [0.2, 0.25) is 5.91 Å². The van der Waals surface area contributed by atoms with Crippen LogP contribution in [0.3, 0.4) is 0 Å². The van der Waals surface area contributed by atoms with E-state index in [1.807, 2.05) is 11.9 Å². The maximum absolute atomic E-state index is 12.1. The zero-order chi connectivity index (χ0) is 16.2. The van der Waals surface area contributed by atoms with Gasteiger partial charge in [0.15, 0.2) is 5.13 Å². The molecular weight excluding hydrogens is 290 g/mol. The Morgan fingerprint density at radius 2 is 2.05 bits per heavy atom. The van der Waals surface area contributed by atoms with Crippen LogP contribution >= 0.6 is 11.3 Å². The largest absolute Gasteiger partial charge is 0.382 e. The Labute approximate surface area is 128 Å². The third-order valence-corrected chi connectivity index (χ3v) is 4.28. The number of nitrogens with one attached hydrogen (secondary N) is 1. The quantitative estimate of drug-likeness (QED) is 0.689. The van der Waals surface area contributed by atoms with Crippen molar-refractivity contribution in [3.8, 4) is 0 Å². The number of nitrogens with two attached hydrogens (primary N) is 2. The minimum Gasteiger partial charge on any atom is -0.382 e. The van der Waals surface area contributed by atoms with Gasteiger partial charge in [-0.1, -0.05) is 18.3 Å². The van der Waals surface area contributed by atoms with Crippen molar-refractivity contribution < 1.29 is 9.59 Å². The fraction of sp³-hybridized carbons (Fsp3) is 0.615. The molecule has 0 saturated carbocycles. The van der Waals surface area contributed by atoms with Gasteiger partial charge in [0.1, 0.15) is 10.7 Å². The van der Waals surface area contributed by atoms with Gasteiger partial charge >= 0.3 is 0 Å². The number of amides is 2. The number of nitrogen functional groups attached to an aromatic ring is 1. The van der Waals surface area contributed by atoms with Crippen LogP contribution in [0.25, 0.3) is 0 Å². The molecule has 0 fully saturated rings. The van der Waals surface area contributed by atoms with Crippen LogP contribution in [0.15, 0.2) is 0 Å². The van der Waals surface area contributed by atoms with Crippen molar-refractivity contribution in [1.82, 2.24) is 10.3 Å². The zero-order valence-corrected chi connectivity index (χ0v) is 13.7. The van der Waals surface area contributed by atoms with E-state index in [1.54, 1.807) is 13.8 Å². The molecule has 21 heavy (non-hydrogen) atoms. The normalized spacial score (nSPS) is 11.2. The minimum atomic E-state index is -0.809. The number of nitrogens with zero attached hydrogens (tertiary/aromatic N) is 2. The summed E-state index contributed by atoms with van der Waals surface area (Å²) in [7, 11) is 1.90. The number of carbonyl (C=O) groups excluding carboxylic acids is 2. The van der Waals surface area contributed by atoms with Gasteiger partial charge in [-0.05, 0) is 20.3 Å². The number of hydrogen-bond donors (Lipinski definition) is 3. The summed E-state index contributed by atoms with van der Waals surface area (Å²) in [6.07, 6.45) is 0.977. The SMILES string of the molecule is CCCN(C)c1nc(N)c(C(=O)NCC(C)(C)C(N)=O)s1. The van der Waals surface area contributed by atoms with Crippen LogP contribution in [0.4, 0.5) is 10.9 Å². The number of aromatic nitrogens is 1. The summed E-state index contributed by atoms with van der Waals surface area (Å²) < 4.78 is 0. The second-order valence-electron chi connectivity index (χ2n) is 5.56. The van der Waals surface area contributed by atoms with Crippen LogP contribution in [0.2, 0.25) is 0 Å². The Morgan fingerprint density at radius 3 is 2.57 bits per heavy atom. The van der Waals surface area contributed by atoms with Crippen molar-refractivity contribution in [1.29, 1.82) is 0 Å². The minimum absolute atomic E-state index is 0.151. The van der Waals surface area contributed by atoms with Crippen LogP contribution in [0, 0.1) is 5.41 Å². The number of thiazole rings is 1. The lowest BCUT2D eigenvalue weighted by Gasteiger charge is -2.20. The van der Waals surface area contributed by atoms with Crippen molar-refractivity contribution in [2.24, 2.45) is 11.1 Å².